The van der Waals surface area contributed by atoms with Crippen LogP contribution in [-0.2, 0) is 21.0 Å². The van der Waals surface area contributed by atoms with E-state index >= 15 is 0 Å². The van der Waals surface area contributed by atoms with Gasteiger partial charge in [0.1, 0.15) is 6.33 Å². The summed E-state index contributed by atoms with van der Waals surface area (Å²) < 4.78 is 65.5. The third-order valence-corrected chi connectivity index (χ3v) is 5.11. The molecule has 0 spiro atoms. The molecule has 0 aliphatic heterocycles. The Morgan fingerprint density at radius 2 is 1.77 bits per heavy atom. The lowest BCUT2D eigenvalue weighted by molar-refractivity contribution is -0.137. The van der Waals surface area contributed by atoms with Gasteiger partial charge in [-0.3, -0.25) is 4.79 Å². The maximum atomic E-state index is 13.0. The summed E-state index contributed by atoms with van der Waals surface area (Å²) in [4.78, 5) is 15.6. The highest BCUT2D eigenvalue weighted by molar-refractivity contribution is 7.92. The van der Waals surface area contributed by atoms with Crippen LogP contribution < -0.4 is 10.0 Å². The monoisotopic (exact) mass is 437 g/mol. The molecular weight excluding hydrogens is 423 g/mol. The zero-order valence-electron chi connectivity index (χ0n) is 15.0. The average molecular weight is 437 g/mol. The lowest BCUT2D eigenvalue weighted by atomic mass is 10.1. The van der Waals surface area contributed by atoms with E-state index in [0.29, 0.717) is 0 Å². The van der Waals surface area contributed by atoms with E-state index in [0.717, 1.165) is 24.5 Å². The lowest BCUT2D eigenvalue weighted by Gasteiger charge is -2.09. The van der Waals surface area contributed by atoms with Crippen LogP contribution >= 0.6 is 0 Å². The third kappa shape index (κ3) is 5.23. The summed E-state index contributed by atoms with van der Waals surface area (Å²) in [5.74, 6) is -0.737. The Bertz CT molecular complexity index is 1160. The molecule has 1 amide bonds. The van der Waals surface area contributed by atoms with E-state index in [1.54, 1.807) is 0 Å². The number of amides is 1. The number of anilines is 2. The second-order valence-electron chi connectivity index (χ2n) is 5.87. The number of carbonyl (C=O) groups is 1. The highest BCUT2D eigenvalue weighted by Gasteiger charge is 2.32. The second-order valence-corrected chi connectivity index (χ2v) is 7.55. The van der Waals surface area contributed by atoms with Gasteiger partial charge in [-0.05, 0) is 42.0 Å². The second kappa shape index (κ2) is 8.37. The van der Waals surface area contributed by atoms with Gasteiger partial charge in [0.25, 0.3) is 10.0 Å². The number of hydrogen-bond donors (Lipinski definition) is 3. The van der Waals surface area contributed by atoms with Crippen LogP contribution in [0, 0.1) is 0 Å². The molecule has 0 radical (unpaired) electrons. The van der Waals surface area contributed by atoms with Crippen LogP contribution in [0.5, 0.6) is 0 Å². The van der Waals surface area contributed by atoms with Crippen LogP contribution in [-0.4, -0.2) is 29.5 Å². The largest absolute Gasteiger partial charge is 0.416 e. The Hall–Kier alpha value is -3.67. The Balaban J connectivity index is 1.68. The van der Waals surface area contributed by atoms with Gasteiger partial charge in [-0.2, -0.15) is 23.3 Å². The molecule has 3 rings (SSSR count). The zero-order chi connectivity index (χ0) is 21.8. The van der Waals surface area contributed by atoms with Crippen LogP contribution in [0.1, 0.15) is 11.1 Å². The molecule has 2 aromatic carbocycles. The first-order chi connectivity index (χ1) is 14.1. The standard InChI is InChI=1S/C18H14F3N5O3S/c19-18(20,21)15-4-2-1-3-12(15)5-10-16(27)24-13-6-8-14(9-7-13)30(28,29)26-17-22-11-23-25-17/h1-11H,(H,24,27)(H2,22,23,25,26)/b10-5+. The molecule has 8 nitrogen and oxygen atoms in total. The summed E-state index contributed by atoms with van der Waals surface area (Å²) in [7, 11) is -3.91. The molecule has 12 heteroatoms. The van der Waals surface area contributed by atoms with Crippen molar-refractivity contribution in [2.75, 3.05) is 10.0 Å². The molecule has 1 aromatic heterocycles. The summed E-state index contributed by atoms with van der Waals surface area (Å²) in [6, 6.07) is 10.0. The van der Waals surface area contributed by atoms with E-state index in [4.69, 9.17) is 0 Å². The van der Waals surface area contributed by atoms with Crippen molar-refractivity contribution >= 4 is 33.6 Å². The molecule has 30 heavy (non-hydrogen) atoms. The maximum absolute atomic E-state index is 13.0. The topological polar surface area (TPSA) is 117 Å². The van der Waals surface area contributed by atoms with Gasteiger partial charge in [0.2, 0.25) is 11.9 Å². The molecule has 156 valence electrons. The lowest BCUT2D eigenvalue weighted by Crippen LogP contribution is -2.14. The molecule has 0 saturated carbocycles. The number of aromatic amines is 1. The van der Waals surface area contributed by atoms with E-state index in [1.165, 1.54) is 42.5 Å². The molecule has 0 bridgehead atoms. The average Bonchev–Trinajstić information content (AvgIpc) is 3.18. The van der Waals surface area contributed by atoms with Gasteiger partial charge in [0.05, 0.1) is 10.5 Å². The van der Waals surface area contributed by atoms with Crippen molar-refractivity contribution in [2.45, 2.75) is 11.1 Å². The van der Waals surface area contributed by atoms with Gasteiger partial charge in [-0.15, -0.1) is 0 Å². The Morgan fingerprint density at radius 1 is 1.07 bits per heavy atom. The number of sulfonamides is 1. The highest BCUT2D eigenvalue weighted by Crippen LogP contribution is 2.32. The van der Waals surface area contributed by atoms with Crippen LogP contribution in [0.3, 0.4) is 0 Å². The molecule has 3 aromatic rings. The smallest absolute Gasteiger partial charge is 0.323 e. The van der Waals surface area contributed by atoms with E-state index in [1.807, 2.05) is 0 Å². The first-order valence-electron chi connectivity index (χ1n) is 8.29. The molecule has 3 N–H and O–H groups in total. The fourth-order valence-corrected chi connectivity index (χ4v) is 3.37. The summed E-state index contributed by atoms with van der Waals surface area (Å²) in [6.07, 6.45) is -1.39. The Morgan fingerprint density at radius 3 is 2.40 bits per heavy atom. The van der Waals surface area contributed by atoms with Crippen molar-refractivity contribution in [1.29, 1.82) is 0 Å². The van der Waals surface area contributed by atoms with Crippen LogP contribution in [0.25, 0.3) is 6.08 Å². The van der Waals surface area contributed by atoms with Crippen molar-refractivity contribution < 1.29 is 26.4 Å². The highest BCUT2D eigenvalue weighted by atomic mass is 32.2. The third-order valence-electron chi connectivity index (χ3n) is 3.76. The van der Waals surface area contributed by atoms with E-state index in [-0.39, 0.29) is 22.1 Å². The molecular formula is C18H14F3N5O3S. The van der Waals surface area contributed by atoms with Gasteiger partial charge in [-0.1, -0.05) is 18.2 Å². The number of rotatable bonds is 6. The SMILES string of the molecule is O=C(/C=C/c1ccccc1C(F)(F)F)Nc1ccc(S(=O)(=O)Nc2ncn[nH]2)cc1. The minimum Gasteiger partial charge on any atom is -0.323 e. The van der Waals surface area contributed by atoms with Crippen molar-refractivity contribution in [3.63, 3.8) is 0 Å². The normalized spacial score (nSPS) is 12.1. The first kappa shape index (κ1) is 21.0. The van der Waals surface area contributed by atoms with Crippen molar-refractivity contribution in [2.24, 2.45) is 0 Å². The number of aromatic nitrogens is 3. The number of halogens is 3. The summed E-state index contributed by atoms with van der Waals surface area (Å²) in [5, 5.41) is 8.32. The predicted molar refractivity (Wildman–Crippen MR) is 103 cm³/mol. The quantitative estimate of drug-likeness (QED) is 0.512. The number of nitrogens with one attached hydrogen (secondary N) is 3. The number of H-pyrrole nitrogens is 1. The molecule has 0 unspecified atom stereocenters. The Labute approximate surface area is 168 Å². The zero-order valence-corrected chi connectivity index (χ0v) is 15.8. The number of hydrogen-bond acceptors (Lipinski definition) is 5. The number of nitrogens with zero attached hydrogens (tertiary/aromatic N) is 2. The summed E-state index contributed by atoms with van der Waals surface area (Å²) >= 11 is 0. The van der Waals surface area contributed by atoms with Gasteiger partial charge in [0.15, 0.2) is 0 Å². The van der Waals surface area contributed by atoms with Crippen LogP contribution in [0.2, 0.25) is 0 Å². The molecule has 1 heterocycles. The number of benzene rings is 2. The minimum absolute atomic E-state index is 0.0587. The molecule has 0 atom stereocenters. The van der Waals surface area contributed by atoms with Crippen LogP contribution in [0.4, 0.5) is 24.8 Å². The summed E-state index contributed by atoms with van der Waals surface area (Å²) in [5.41, 5.74) is -0.754. The van der Waals surface area contributed by atoms with Gasteiger partial charge in [-0.25, -0.2) is 18.2 Å². The van der Waals surface area contributed by atoms with Crippen molar-refractivity contribution in [1.82, 2.24) is 15.2 Å². The van der Waals surface area contributed by atoms with Gasteiger partial charge >= 0.3 is 6.18 Å². The van der Waals surface area contributed by atoms with Crippen molar-refractivity contribution in [3.05, 3.63) is 72.1 Å². The van der Waals surface area contributed by atoms with E-state index in [2.05, 4.69) is 25.2 Å². The van der Waals surface area contributed by atoms with Crippen molar-refractivity contribution in [3.8, 4) is 0 Å². The fraction of sp³-hybridized carbons (Fsp3) is 0.0556. The minimum atomic E-state index is -4.54. The summed E-state index contributed by atoms with van der Waals surface area (Å²) in [6.45, 7) is 0. The van der Waals surface area contributed by atoms with Crippen LogP contribution in [0.15, 0.2) is 65.8 Å². The van der Waals surface area contributed by atoms with Gasteiger partial charge in [0, 0.05) is 11.8 Å². The molecule has 0 saturated heterocycles. The molecule has 0 aliphatic rings. The van der Waals surface area contributed by atoms with E-state index in [9.17, 15) is 26.4 Å². The molecule has 0 aliphatic carbocycles. The van der Waals surface area contributed by atoms with E-state index < -0.39 is 27.7 Å². The number of carbonyl (C=O) groups excluding carboxylic acids is 1. The first-order valence-corrected chi connectivity index (χ1v) is 9.77. The fourth-order valence-electron chi connectivity index (χ4n) is 2.41. The maximum Gasteiger partial charge on any atom is 0.416 e. The molecule has 0 fully saturated rings. The van der Waals surface area contributed by atoms with Gasteiger partial charge < -0.3 is 5.32 Å². The number of alkyl halides is 3. The Kier molecular flexibility index (Phi) is 5.87. The predicted octanol–water partition coefficient (Wildman–Crippen LogP) is 3.28.